The number of esters is 1. The summed E-state index contributed by atoms with van der Waals surface area (Å²) in [6, 6.07) is 0. The van der Waals surface area contributed by atoms with Crippen molar-refractivity contribution in [2.75, 3.05) is 59.5 Å². The van der Waals surface area contributed by atoms with Crippen molar-refractivity contribution in [2.45, 2.75) is 32.6 Å². The molecule has 1 aliphatic rings. The molecule has 1 aliphatic heterocycles. The molecule has 0 saturated carbocycles. The van der Waals surface area contributed by atoms with Crippen LogP contribution in [0.2, 0.25) is 0 Å². The molecule has 0 aromatic rings. The predicted octanol–water partition coefficient (Wildman–Crippen LogP) is 0.947. The monoisotopic (exact) mass is 285 g/mol. The smallest absolute Gasteiger partial charge is 0.306 e. The van der Waals surface area contributed by atoms with Crippen LogP contribution in [0.1, 0.15) is 32.6 Å². The zero-order chi connectivity index (χ0) is 14.6. The lowest BCUT2D eigenvalue weighted by Crippen LogP contribution is -2.47. The first-order valence-electron chi connectivity index (χ1n) is 7.98. The van der Waals surface area contributed by atoms with Crippen molar-refractivity contribution in [3.8, 4) is 0 Å². The predicted molar refractivity (Wildman–Crippen MR) is 81.9 cm³/mol. The molecule has 1 saturated heterocycles. The summed E-state index contributed by atoms with van der Waals surface area (Å²) < 4.78 is 4.60. The second-order valence-electron chi connectivity index (χ2n) is 5.47. The van der Waals surface area contributed by atoms with E-state index in [4.69, 9.17) is 0 Å². The number of carbonyl (C=O) groups is 1. The summed E-state index contributed by atoms with van der Waals surface area (Å²) in [7, 11) is 1.43. The second kappa shape index (κ2) is 11.1. The molecule has 0 aromatic carbocycles. The Balaban J connectivity index is 1.92. The van der Waals surface area contributed by atoms with Crippen LogP contribution in [0.5, 0.6) is 0 Å². The fourth-order valence-corrected chi connectivity index (χ4v) is 2.46. The fourth-order valence-electron chi connectivity index (χ4n) is 2.46. The third-order valence-corrected chi connectivity index (χ3v) is 3.85. The van der Waals surface area contributed by atoms with Gasteiger partial charge in [-0.3, -0.25) is 4.79 Å². The van der Waals surface area contributed by atoms with Gasteiger partial charge in [-0.1, -0.05) is 13.3 Å². The van der Waals surface area contributed by atoms with Crippen LogP contribution < -0.4 is 5.32 Å². The number of hydrogen-bond acceptors (Lipinski definition) is 5. The van der Waals surface area contributed by atoms with E-state index in [0.29, 0.717) is 6.42 Å². The summed E-state index contributed by atoms with van der Waals surface area (Å²) in [6.07, 6.45) is 4.23. The van der Waals surface area contributed by atoms with Crippen LogP contribution in [0, 0.1) is 0 Å². The van der Waals surface area contributed by atoms with E-state index in [1.165, 1.54) is 52.7 Å². The highest BCUT2D eigenvalue weighted by Crippen LogP contribution is 2.03. The molecule has 20 heavy (non-hydrogen) atoms. The second-order valence-corrected chi connectivity index (χ2v) is 5.47. The molecule has 1 N–H and O–H groups in total. The number of carbonyl (C=O) groups excluding carboxylic acids is 1. The van der Waals surface area contributed by atoms with E-state index < -0.39 is 0 Å². The summed E-state index contributed by atoms with van der Waals surface area (Å²) in [5.74, 6) is -0.138. The van der Waals surface area contributed by atoms with Crippen molar-refractivity contribution >= 4 is 5.97 Å². The minimum atomic E-state index is -0.138. The van der Waals surface area contributed by atoms with Gasteiger partial charge >= 0.3 is 5.97 Å². The Morgan fingerprint density at radius 1 is 1.05 bits per heavy atom. The highest BCUT2D eigenvalue weighted by Gasteiger charge is 2.15. The molecule has 5 nitrogen and oxygen atoms in total. The summed E-state index contributed by atoms with van der Waals surface area (Å²) in [5.41, 5.74) is 0. The molecule has 0 bridgehead atoms. The van der Waals surface area contributed by atoms with Crippen molar-refractivity contribution in [1.29, 1.82) is 0 Å². The molecule has 5 heteroatoms. The Kier molecular flexibility index (Phi) is 9.62. The first kappa shape index (κ1) is 17.4. The maximum atomic E-state index is 10.9. The Bertz CT molecular complexity index is 254. The molecule has 0 atom stereocenters. The van der Waals surface area contributed by atoms with Crippen LogP contribution >= 0.6 is 0 Å². The number of ether oxygens (including phenoxy) is 1. The van der Waals surface area contributed by atoms with Gasteiger partial charge in [-0.2, -0.15) is 0 Å². The van der Waals surface area contributed by atoms with Gasteiger partial charge in [-0.15, -0.1) is 0 Å². The van der Waals surface area contributed by atoms with Gasteiger partial charge in [0.1, 0.15) is 0 Å². The van der Waals surface area contributed by atoms with Crippen molar-refractivity contribution in [2.24, 2.45) is 0 Å². The van der Waals surface area contributed by atoms with Crippen molar-refractivity contribution < 1.29 is 9.53 Å². The van der Waals surface area contributed by atoms with E-state index in [1.807, 2.05) is 0 Å². The molecular formula is C15H31N3O2. The lowest BCUT2D eigenvalue weighted by atomic mass is 10.2. The molecule has 0 aliphatic carbocycles. The summed E-state index contributed by atoms with van der Waals surface area (Å²) >= 11 is 0. The quantitative estimate of drug-likeness (QED) is 0.478. The van der Waals surface area contributed by atoms with Gasteiger partial charge in [0.25, 0.3) is 0 Å². The van der Waals surface area contributed by atoms with E-state index in [9.17, 15) is 4.79 Å². The van der Waals surface area contributed by atoms with Crippen LogP contribution in [0.3, 0.4) is 0 Å². The molecule has 0 amide bonds. The largest absolute Gasteiger partial charge is 0.469 e. The van der Waals surface area contributed by atoms with E-state index in [1.54, 1.807) is 0 Å². The van der Waals surface area contributed by atoms with Gasteiger partial charge in [0.05, 0.1) is 13.5 Å². The average molecular weight is 285 g/mol. The number of piperazine rings is 1. The normalized spacial score (nSPS) is 17.3. The standard InChI is InChI=1S/C15H31N3O2/c1-3-4-9-17-11-13-18(14-12-17)10-5-7-16-8-6-15(19)20-2/h16H,3-14H2,1-2H3. The molecule has 1 rings (SSSR count). The molecule has 0 unspecified atom stereocenters. The number of unbranched alkanes of at least 4 members (excludes halogenated alkanes) is 1. The highest BCUT2D eigenvalue weighted by molar-refractivity contribution is 5.69. The summed E-state index contributed by atoms with van der Waals surface area (Å²) in [5, 5.41) is 3.29. The van der Waals surface area contributed by atoms with E-state index in [0.717, 1.165) is 26.1 Å². The summed E-state index contributed by atoms with van der Waals surface area (Å²) in [6.45, 7) is 11.2. The van der Waals surface area contributed by atoms with Crippen LogP contribution in [0.4, 0.5) is 0 Å². The topological polar surface area (TPSA) is 44.8 Å². The van der Waals surface area contributed by atoms with Crippen LogP contribution in [-0.4, -0.2) is 75.2 Å². The van der Waals surface area contributed by atoms with Gasteiger partial charge in [-0.25, -0.2) is 0 Å². The molecule has 118 valence electrons. The van der Waals surface area contributed by atoms with Crippen LogP contribution in [-0.2, 0) is 9.53 Å². The first-order valence-corrected chi connectivity index (χ1v) is 7.98. The van der Waals surface area contributed by atoms with Gasteiger partial charge in [-0.05, 0) is 32.5 Å². The zero-order valence-corrected chi connectivity index (χ0v) is 13.2. The van der Waals surface area contributed by atoms with Crippen molar-refractivity contribution in [1.82, 2.24) is 15.1 Å². The lowest BCUT2D eigenvalue weighted by molar-refractivity contribution is -0.140. The molecule has 1 heterocycles. The molecule has 1 fully saturated rings. The Labute approximate surface area is 123 Å². The number of hydrogen-bond donors (Lipinski definition) is 1. The third kappa shape index (κ3) is 7.82. The maximum Gasteiger partial charge on any atom is 0.306 e. The maximum absolute atomic E-state index is 10.9. The Hall–Kier alpha value is -0.650. The van der Waals surface area contributed by atoms with Gasteiger partial charge in [0, 0.05) is 32.7 Å². The van der Waals surface area contributed by atoms with Gasteiger partial charge < -0.3 is 19.9 Å². The highest BCUT2D eigenvalue weighted by atomic mass is 16.5. The first-order chi connectivity index (χ1) is 9.76. The van der Waals surface area contributed by atoms with E-state index >= 15 is 0 Å². The Morgan fingerprint density at radius 3 is 2.20 bits per heavy atom. The molecular weight excluding hydrogens is 254 g/mol. The average Bonchev–Trinajstić information content (AvgIpc) is 2.49. The number of nitrogens with one attached hydrogen (secondary N) is 1. The zero-order valence-electron chi connectivity index (χ0n) is 13.2. The minimum absolute atomic E-state index is 0.138. The molecule has 0 radical (unpaired) electrons. The van der Waals surface area contributed by atoms with E-state index in [2.05, 4.69) is 26.8 Å². The van der Waals surface area contributed by atoms with Gasteiger partial charge in [0.15, 0.2) is 0 Å². The lowest BCUT2D eigenvalue weighted by Gasteiger charge is -2.34. The molecule has 0 aromatic heterocycles. The number of nitrogens with zero attached hydrogens (tertiary/aromatic N) is 2. The number of rotatable bonds is 10. The fraction of sp³-hybridized carbons (Fsp3) is 0.933. The number of methoxy groups -OCH3 is 1. The third-order valence-electron chi connectivity index (χ3n) is 3.85. The van der Waals surface area contributed by atoms with Crippen molar-refractivity contribution in [3.05, 3.63) is 0 Å². The SMILES string of the molecule is CCCCN1CCN(CCCNCCC(=O)OC)CC1. The summed E-state index contributed by atoms with van der Waals surface area (Å²) in [4.78, 5) is 16.0. The van der Waals surface area contributed by atoms with Crippen LogP contribution in [0.25, 0.3) is 0 Å². The Morgan fingerprint density at radius 2 is 1.65 bits per heavy atom. The van der Waals surface area contributed by atoms with Crippen LogP contribution in [0.15, 0.2) is 0 Å². The van der Waals surface area contributed by atoms with E-state index in [-0.39, 0.29) is 5.97 Å². The molecule has 0 spiro atoms. The minimum Gasteiger partial charge on any atom is -0.469 e. The van der Waals surface area contributed by atoms with Crippen molar-refractivity contribution in [3.63, 3.8) is 0 Å². The van der Waals surface area contributed by atoms with Gasteiger partial charge in [0.2, 0.25) is 0 Å².